The van der Waals surface area contributed by atoms with Crippen molar-refractivity contribution in [2.75, 3.05) is 5.73 Å². The summed E-state index contributed by atoms with van der Waals surface area (Å²) in [5.41, 5.74) is 10.2. The van der Waals surface area contributed by atoms with E-state index in [-0.39, 0.29) is 24.4 Å². The van der Waals surface area contributed by atoms with E-state index in [0.29, 0.717) is 5.75 Å². The summed E-state index contributed by atoms with van der Waals surface area (Å²) in [5.74, 6) is 0.616. The van der Waals surface area contributed by atoms with Crippen LogP contribution >= 0.6 is 12.4 Å². The minimum atomic E-state index is -0.535. The first kappa shape index (κ1) is 19.1. The van der Waals surface area contributed by atoms with Crippen LogP contribution in [0.4, 0.5) is 5.69 Å². The number of carbonyl (C=O) groups excluding carboxylic acids is 1. The van der Waals surface area contributed by atoms with Crippen molar-refractivity contribution in [1.82, 2.24) is 5.32 Å². The molecule has 134 valence electrons. The van der Waals surface area contributed by atoms with Gasteiger partial charge in [-0.3, -0.25) is 4.79 Å². The van der Waals surface area contributed by atoms with Crippen LogP contribution in [0.3, 0.4) is 0 Å². The molecular formula is C20H25ClN2O2. The van der Waals surface area contributed by atoms with Gasteiger partial charge in [-0.2, -0.15) is 0 Å². The summed E-state index contributed by atoms with van der Waals surface area (Å²) in [6.07, 6.45) is 2.48. The summed E-state index contributed by atoms with van der Waals surface area (Å²) in [6.45, 7) is 3.80. The second kappa shape index (κ2) is 8.26. The minimum absolute atomic E-state index is 0. The molecule has 4 nitrogen and oxygen atoms in total. The number of halogens is 1. The molecule has 0 spiro atoms. The summed E-state index contributed by atoms with van der Waals surface area (Å²) < 4.78 is 5.75. The van der Waals surface area contributed by atoms with Crippen molar-refractivity contribution < 1.29 is 9.53 Å². The summed E-state index contributed by atoms with van der Waals surface area (Å²) in [5, 5.41) is 3.12. The Balaban J connectivity index is 0.00000225. The molecule has 0 aliphatic heterocycles. The lowest BCUT2D eigenvalue weighted by molar-refractivity contribution is -0.128. The van der Waals surface area contributed by atoms with Gasteiger partial charge in [0.1, 0.15) is 5.75 Å². The standard InChI is InChI=1S/C20H24N2O2.ClH/c1-13-6-9-17(10-7-13)24-14(2)20(23)22-19-5-3-4-15-12-16(21)8-11-18(15)19;/h6-12,14,19H,3-5,21H2,1-2H3,(H,22,23);1H. The van der Waals surface area contributed by atoms with Gasteiger partial charge in [0.05, 0.1) is 6.04 Å². The molecule has 1 amide bonds. The molecule has 0 aromatic heterocycles. The Labute approximate surface area is 155 Å². The zero-order chi connectivity index (χ0) is 17.1. The average molecular weight is 361 g/mol. The zero-order valence-corrected chi connectivity index (χ0v) is 15.4. The highest BCUT2D eigenvalue weighted by molar-refractivity contribution is 5.85. The second-order valence-electron chi connectivity index (χ2n) is 6.48. The number of hydrogen-bond acceptors (Lipinski definition) is 3. The van der Waals surface area contributed by atoms with Crippen LogP contribution in [0, 0.1) is 6.92 Å². The average Bonchev–Trinajstić information content (AvgIpc) is 2.56. The van der Waals surface area contributed by atoms with E-state index in [0.717, 1.165) is 30.5 Å². The molecule has 1 aliphatic rings. The quantitative estimate of drug-likeness (QED) is 0.811. The number of rotatable bonds is 4. The number of nitrogens with two attached hydrogens (primary N) is 1. The van der Waals surface area contributed by atoms with Gasteiger partial charge in [0.2, 0.25) is 0 Å². The van der Waals surface area contributed by atoms with Crippen molar-refractivity contribution in [3.05, 3.63) is 59.2 Å². The van der Waals surface area contributed by atoms with Crippen LogP contribution in [0.5, 0.6) is 5.75 Å². The molecule has 2 unspecified atom stereocenters. The van der Waals surface area contributed by atoms with Crippen molar-refractivity contribution in [1.29, 1.82) is 0 Å². The lowest BCUT2D eigenvalue weighted by Gasteiger charge is -2.28. The number of aryl methyl sites for hydroxylation is 2. The molecule has 2 aromatic carbocycles. The Morgan fingerprint density at radius 2 is 1.96 bits per heavy atom. The van der Waals surface area contributed by atoms with E-state index in [4.69, 9.17) is 10.5 Å². The van der Waals surface area contributed by atoms with Crippen LogP contribution in [0.15, 0.2) is 42.5 Å². The van der Waals surface area contributed by atoms with E-state index in [1.54, 1.807) is 6.92 Å². The lowest BCUT2D eigenvalue weighted by atomic mass is 9.87. The van der Waals surface area contributed by atoms with Gasteiger partial charge in [-0.15, -0.1) is 12.4 Å². The lowest BCUT2D eigenvalue weighted by Crippen LogP contribution is -2.39. The number of amides is 1. The van der Waals surface area contributed by atoms with E-state index in [1.165, 1.54) is 11.1 Å². The molecular weight excluding hydrogens is 336 g/mol. The van der Waals surface area contributed by atoms with E-state index < -0.39 is 6.10 Å². The van der Waals surface area contributed by atoms with Gasteiger partial charge in [-0.1, -0.05) is 23.8 Å². The smallest absolute Gasteiger partial charge is 0.261 e. The Morgan fingerprint density at radius 3 is 2.68 bits per heavy atom. The molecule has 0 saturated carbocycles. The molecule has 1 aliphatic carbocycles. The van der Waals surface area contributed by atoms with Crippen molar-refractivity contribution in [3.63, 3.8) is 0 Å². The highest BCUT2D eigenvalue weighted by Crippen LogP contribution is 2.31. The van der Waals surface area contributed by atoms with Gasteiger partial charge in [0.25, 0.3) is 5.91 Å². The highest BCUT2D eigenvalue weighted by Gasteiger charge is 2.24. The second-order valence-corrected chi connectivity index (χ2v) is 6.48. The van der Waals surface area contributed by atoms with E-state index >= 15 is 0 Å². The predicted molar refractivity (Wildman–Crippen MR) is 103 cm³/mol. The number of ether oxygens (including phenoxy) is 1. The van der Waals surface area contributed by atoms with Crippen molar-refractivity contribution in [2.45, 2.75) is 45.3 Å². The first-order valence-corrected chi connectivity index (χ1v) is 8.45. The fourth-order valence-corrected chi connectivity index (χ4v) is 3.15. The number of benzene rings is 2. The molecule has 3 N–H and O–H groups in total. The summed E-state index contributed by atoms with van der Waals surface area (Å²) in [7, 11) is 0. The third-order valence-corrected chi connectivity index (χ3v) is 4.50. The van der Waals surface area contributed by atoms with Gasteiger partial charge >= 0.3 is 0 Å². The van der Waals surface area contributed by atoms with Crippen LogP contribution in [-0.2, 0) is 11.2 Å². The first-order valence-electron chi connectivity index (χ1n) is 8.45. The largest absolute Gasteiger partial charge is 0.481 e. The Bertz CT molecular complexity index is 731. The molecule has 2 atom stereocenters. The minimum Gasteiger partial charge on any atom is -0.481 e. The maximum atomic E-state index is 12.5. The van der Waals surface area contributed by atoms with Crippen LogP contribution in [0.2, 0.25) is 0 Å². The van der Waals surface area contributed by atoms with Crippen molar-refractivity contribution >= 4 is 24.0 Å². The summed E-state index contributed by atoms with van der Waals surface area (Å²) in [4.78, 5) is 12.5. The first-order chi connectivity index (χ1) is 11.5. The number of hydrogen-bond donors (Lipinski definition) is 2. The maximum Gasteiger partial charge on any atom is 0.261 e. The topological polar surface area (TPSA) is 64.3 Å². The van der Waals surface area contributed by atoms with Gasteiger partial charge in [0, 0.05) is 5.69 Å². The Morgan fingerprint density at radius 1 is 1.24 bits per heavy atom. The highest BCUT2D eigenvalue weighted by atomic mass is 35.5. The Hall–Kier alpha value is -2.20. The van der Waals surface area contributed by atoms with E-state index in [1.807, 2.05) is 49.4 Å². The zero-order valence-electron chi connectivity index (χ0n) is 14.6. The third-order valence-electron chi connectivity index (χ3n) is 4.50. The molecule has 2 aromatic rings. The molecule has 0 bridgehead atoms. The summed E-state index contributed by atoms with van der Waals surface area (Å²) in [6, 6.07) is 13.7. The molecule has 0 heterocycles. The molecule has 5 heteroatoms. The molecule has 0 radical (unpaired) electrons. The third kappa shape index (κ3) is 4.67. The predicted octanol–water partition coefficient (Wildman–Crippen LogP) is 3.96. The normalized spacial score (nSPS) is 17.0. The fraction of sp³-hybridized carbons (Fsp3) is 0.350. The fourth-order valence-electron chi connectivity index (χ4n) is 3.15. The molecule has 0 fully saturated rings. The van der Waals surface area contributed by atoms with Gasteiger partial charge < -0.3 is 15.8 Å². The molecule has 25 heavy (non-hydrogen) atoms. The van der Waals surface area contributed by atoms with Crippen LogP contribution < -0.4 is 15.8 Å². The molecule has 3 rings (SSSR count). The number of nitrogen functional groups attached to an aromatic ring is 1. The van der Waals surface area contributed by atoms with Crippen molar-refractivity contribution in [3.8, 4) is 5.75 Å². The van der Waals surface area contributed by atoms with Gasteiger partial charge in [-0.05, 0) is 68.5 Å². The van der Waals surface area contributed by atoms with Crippen LogP contribution in [0.25, 0.3) is 0 Å². The maximum absolute atomic E-state index is 12.5. The SMILES string of the molecule is Cc1ccc(OC(C)C(=O)NC2CCCc3cc(N)ccc32)cc1.Cl. The van der Waals surface area contributed by atoms with E-state index in [9.17, 15) is 4.79 Å². The number of anilines is 1. The monoisotopic (exact) mass is 360 g/mol. The van der Waals surface area contributed by atoms with Crippen LogP contribution in [-0.4, -0.2) is 12.0 Å². The number of fused-ring (bicyclic) bond motifs is 1. The van der Waals surface area contributed by atoms with E-state index in [2.05, 4.69) is 5.32 Å². The van der Waals surface area contributed by atoms with Crippen molar-refractivity contribution in [2.24, 2.45) is 0 Å². The number of carbonyl (C=O) groups is 1. The van der Waals surface area contributed by atoms with Crippen LogP contribution in [0.1, 0.15) is 42.5 Å². The summed E-state index contributed by atoms with van der Waals surface area (Å²) >= 11 is 0. The van der Waals surface area contributed by atoms with Gasteiger partial charge in [0.15, 0.2) is 6.10 Å². The van der Waals surface area contributed by atoms with Gasteiger partial charge in [-0.25, -0.2) is 0 Å². The molecule has 0 saturated heterocycles. The number of nitrogens with one attached hydrogen (secondary N) is 1. The Kier molecular flexibility index (Phi) is 6.32.